The van der Waals surface area contributed by atoms with Crippen molar-refractivity contribution >= 4 is 19.7 Å². The fourth-order valence-corrected chi connectivity index (χ4v) is 2.93. The zero-order chi connectivity index (χ0) is 14.1. The van der Waals surface area contributed by atoms with Gasteiger partial charge in [0.25, 0.3) is 9.05 Å². The standard InChI is InChI=1S/C13H18ClNO3S/c1-13(2)7-5-10(6-8-13)18-12-4-3-11(9-15-12)19(14,16)17/h3-4,9-10H,5-8H2,1-2H3. The Balaban J connectivity index is 1.97. The van der Waals surface area contributed by atoms with E-state index in [9.17, 15) is 8.42 Å². The summed E-state index contributed by atoms with van der Waals surface area (Å²) in [6.07, 6.45) is 5.66. The first-order valence-corrected chi connectivity index (χ1v) is 8.65. The van der Waals surface area contributed by atoms with E-state index >= 15 is 0 Å². The highest BCUT2D eigenvalue weighted by Crippen LogP contribution is 2.36. The van der Waals surface area contributed by atoms with Crippen LogP contribution in [0.2, 0.25) is 0 Å². The molecule has 1 aromatic rings. The first-order valence-electron chi connectivity index (χ1n) is 6.34. The predicted molar refractivity (Wildman–Crippen MR) is 73.9 cm³/mol. The largest absolute Gasteiger partial charge is 0.474 e. The number of rotatable bonds is 3. The molecule has 0 aliphatic heterocycles. The van der Waals surface area contributed by atoms with Gasteiger partial charge < -0.3 is 4.74 Å². The summed E-state index contributed by atoms with van der Waals surface area (Å²) >= 11 is 0. The van der Waals surface area contributed by atoms with Crippen molar-refractivity contribution in [3.8, 4) is 5.88 Å². The highest BCUT2D eigenvalue weighted by atomic mass is 35.7. The van der Waals surface area contributed by atoms with Crippen LogP contribution in [0.5, 0.6) is 5.88 Å². The van der Waals surface area contributed by atoms with Crippen molar-refractivity contribution in [1.82, 2.24) is 4.98 Å². The maximum absolute atomic E-state index is 11.1. The zero-order valence-electron chi connectivity index (χ0n) is 11.1. The summed E-state index contributed by atoms with van der Waals surface area (Å²) in [5, 5.41) is 0. The molecular weight excluding hydrogens is 286 g/mol. The van der Waals surface area contributed by atoms with Gasteiger partial charge >= 0.3 is 0 Å². The van der Waals surface area contributed by atoms with Gasteiger partial charge in [-0.15, -0.1) is 0 Å². The fraction of sp³-hybridized carbons (Fsp3) is 0.615. The van der Waals surface area contributed by atoms with Crippen molar-refractivity contribution in [3.05, 3.63) is 18.3 Å². The summed E-state index contributed by atoms with van der Waals surface area (Å²) in [5.41, 5.74) is 0.393. The molecular formula is C13H18ClNO3S. The van der Waals surface area contributed by atoms with E-state index in [2.05, 4.69) is 18.8 Å². The van der Waals surface area contributed by atoms with Crippen molar-refractivity contribution in [2.24, 2.45) is 5.41 Å². The maximum atomic E-state index is 11.1. The van der Waals surface area contributed by atoms with Gasteiger partial charge in [-0.3, -0.25) is 0 Å². The summed E-state index contributed by atoms with van der Waals surface area (Å²) in [5.74, 6) is 0.453. The van der Waals surface area contributed by atoms with Crippen LogP contribution in [0.15, 0.2) is 23.2 Å². The summed E-state index contributed by atoms with van der Waals surface area (Å²) in [6, 6.07) is 2.96. The van der Waals surface area contributed by atoms with Gasteiger partial charge in [-0.1, -0.05) is 13.8 Å². The quantitative estimate of drug-likeness (QED) is 0.803. The normalized spacial score (nSPS) is 20.2. The summed E-state index contributed by atoms with van der Waals surface area (Å²) < 4.78 is 27.9. The van der Waals surface area contributed by atoms with E-state index in [1.807, 2.05) is 0 Å². The highest BCUT2D eigenvalue weighted by Gasteiger charge is 2.28. The molecule has 1 saturated carbocycles. The first kappa shape index (κ1) is 14.6. The molecule has 2 rings (SSSR count). The SMILES string of the molecule is CC1(C)CCC(Oc2ccc(S(=O)(=O)Cl)cn2)CC1. The second-order valence-electron chi connectivity index (χ2n) is 5.75. The number of hydrogen-bond donors (Lipinski definition) is 0. The Labute approximate surface area is 118 Å². The maximum Gasteiger partial charge on any atom is 0.262 e. The predicted octanol–water partition coefficient (Wildman–Crippen LogP) is 3.36. The van der Waals surface area contributed by atoms with Crippen LogP contribution in [0, 0.1) is 5.41 Å². The van der Waals surface area contributed by atoms with E-state index in [1.165, 1.54) is 12.3 Å². The topological polar surface area (TPSA) is 56.3 Å². The molecule has 1 heterocycles. The van der Waals surface area contributed by atoms with Crippen LogP contribution in [-0.4, -0.2) is 19.5 Å². The van der Waals surface area contributed by atoms with Gasteiger partial charge in [-0.25, -0.2) is 13.4 Å². The van der Waals surface area contributed by atoms with Crippen LogP contribution in [0.3, 0.4) is 0 Å². The van der Waals surface area contributed by atoms with E-state index in [1.54, 1.807) is 6.07 Å². The molecule has 0 unspecified atom stereocenters. The van der Waals surface area contributed by atoms with E-state index in [4.69, 9.17) is 15.4 Å². The molecule has 0 spiro atoms. The molecule has 1 aromatic heterocycles. The molecule has 1 aliphatic rings. The highest BCUT2D eigenvalue weighted by molar-refractivity contribution is 8.13. The Bertz CT molecular complexity index is 530. The molecule has 0 bridgehead atoms. The van der Waals surface area contributed by atoms with Crippen LogP contribution < -0.4 is 4.74 Å². The lowest BCUT2D eigenvalue weighted by Crippen LogP contribution is -2.28. The van der Waals surface area contributed by atoms with Gasteiger partial charge in [0, 0.05) is 16.7 Å². The van der Waals surface area contributed by atoms with E-state index in [-0.39, 0.29) is 11.0 Å². The second-order valence-corrected chi connectivity index (χ2v) is 8.32. The van der Waals surface area contributed by atoms with E-state index in [0.717, 1.165) is 25.7 Å². The molecule has 0 amide bonds. The number of ether oxygens (including phenoxy) is 1. The minimum absolute atomic E-state index is 0.00806. The Kier molecular flexibility index (Phi) is 4.06. The molecule has 6 heteroatoms. The Morgan fingerprint density at radius 2 is 1.95 bits per heavy atom. The molecule has 1 fully saturated rings. The number of nitrogens with zero attached hydrogens (tertiary/aromatic N) is 1. The second kappa shape index (κ2) is 5.29. The lowest BCUT2D eigenvalue weighted by atomic mass is 9.76. The van der Waals surface area contributed by atoms with Crippen LogP contribution in [0.1, 0.15) is 39.5 Å². The third-order valence-corrected chi connectivity index (χ3v) is 4.90. The lowest BCUT2D eigenvalue weighted by Gasteiger charge is -2.34. The van der Waals surface area contributed by atoms with Gasteiger partial charge in [-0.2, -0.15) is 0 Å². The zero-order valence-corrected chi connectivity index (χ0v) is 12.7. The average molecular weight is 304 g/mol. The smallest absolute Gasteiger partial charge is 0.262 e. The number of hydrogen-bond acceptors (Lipinski definition) is 4. The fourth-order valence-electron chi connectivity index (χ4n) is 2.24. The molecule has 0 aromatic carbocycles. The molecule has 106 valence electrons. The van der Waals surface area contributed by atoms with Crippen LogP contribution in [0.25, 0.3) is 0 Å². The van der Waals surface area contributed by atoms with Gasteiger partial charge in [0.1, 0.15) is 11.0 Å². The average Bonchev–Trinajstić information content (AvgIpc) is 2.31. The monoisotopic (exact) mass is 303 g/mol. The van der Waals surface area contributed by atoms with Crippen molar-refractivity contribution < 1.29 is 13.2 Å². The van der Waals surface area contributed by atoms with Crippen molar-refractivity contribution in [2.45, 2.75) is 50.5 Å². The minimum Gasteiger partial charge on any atom is -0.474 e. The lowest BCUT2D eigenvalue weighted by molar-refractivity contribution is 0.0948. The third-order valence-electron chi connectivity index (χ3n) is 3.56. The van der Waals surface area contributed by atoms with Crippen molar-refractivity contribution in [1.29, 1.82) is 0 Å². The molecule has 4 nitrogen and oxygen atoms in total. The molecule has 19 heavy (non-hydrogen) atoms. The van der Waals surface area contributed by atoms with E-state index < -0.39 is 9.05 Å². The third kappa shape index (κ3) is 4.08. The summed E-state index contributed by atoms with van der Waals surface area (Å²) in [6.45, 7) is 4.53. The molecule has 0 atom stereocenters. The molecule has 1 aliphatic carbocycles. The summed E-state index contributed by atoms with van der Waals surface area (Å²) in [4.78, 5) is 3.98. The minimum atomic E-state index is -3.71. The van der Waals surface area contributed by atoms with Gasteiger partial charge in [0.2, 0.25) is 5.88 Å². The number of aromatic nitrogens is 1. The Hall–Kier alpha value is -0.810. The van der Waals surface area contributed by atoms with Gasteiger partial charge in [-0.05, 0) is 37.2 Å². The van der Waals surface area contributed by atoms with Gasteiger partial charge in [0.05, 0.1) is 6.20 Å². The number of halogens is 1. The van der Waals surface area contributed by atoms with E-state index in [0.29, 0.717) is 11.3 Å². The Morgan fingerprint density at radius 1 is 1.32 bits per heavy atom. The van der Waals surface area contributed by atoms with Crippen LogP contribution in [-0.2, 0) is 9.05 Å². The Morgan fingerprint density at radius 3 is 2.42 bits per heavy atom. The first-order chi connectivity index (χ1) is 8.76. The van der Waals surface area contributed by atoms with Crippen LogP contribution >= 0.6 is 10.7 Å². The summed E-state index contributed by atoms with van der Waals surface area (Å²) in [7, 11) is 1.51. The van der Waals surface area contributed by atoms with Crippen molar-refractivity contribution in [2.75, 3.05) is 0 Å². The van der Waals surface area contributed by atoms with Gasteiger partial charge in [0.15, 0.2) is 0 Å². The molecule has 0 radical (unpaired) electrons. The van der Waals surface area contributed by atoms with Crippen LogP contribution in [0.4, 0.5) is 0 Å². The number of pyridine rings is 1. The molecule has 0 saturated heterocycles. The van der Waals surface area contributed by atoms with Crippen molar-refractivity contribution in [3.63, 3.8) is 0 Å². The molecule has 0 N–H and O–H groups in total.